The zero-order valence-corrected chi connectivity index (χ0v) is 21.0. The van der Waals surface area contributed by atoms with Crippen molar-refractivity contribution in [2.75, 3.05) is 0 Å². The summed E-state index contributed by atoms with van der Waals surface area (Å²) in [6, 6.07) is 1.53. The van der Waals surface area contributed by atoms with Gasteiger partial charge in [-0.1, -0.05) is 6.92 Å². The number of aromatic nitrogens is 4. The molecule has 2 aromatic heterocycles. The fourth-order valence-corrected chi connectivity index (χ4v) is 6.01. The summed E-state index contributed by atoms with van der Waals surface area (Å²) in [7, 11) is -4.32. The SMILES string of the molecule is CCc1nn(-c2cnc(C(F)(F)F)nc2)cc1CNC(=O)[C@@H]1C[C@@H](F)[C@H](C)N1S(=O)(=O)c1ccc(F)cc1. The predicted molar refractivity (Wildman–Crippen MR) is 124 cm³/mol. The Bertz CT molecular complexity index is 1410. The number of nitrogens with zero attached hydrogens (tertiary/aromatic N) is 5. The van der Waals surface area contributed by atoms with Crippen LogP contribution < -0.4 is 5.32 Å². The largest absolute Gasteiger partial charge is 0.451 e. The van der Waals surface area contributed by atoms with Gasteiger partial charge >= 0.3 is 6.18 Å². The first-order chi connectivity index (χ1) is 17.8. The van der Waals surface area contributed by atoms with Crippen LogP contribution in [0.4, 0.5) is 22.0 Å². The summed E-state index contributed by atoms with van der Waals surface area (Å²) in [6.45, 7) is 3.03. The standard InChI is InChI=1S/C23H23F5N6O3S/c1-3-19-14(12-33(32-19)16-10-30-22(31-11-16)23(26,27)28)9-29-21(35)20-8-18(25)13(2)34(20)38(36,37)17-6-4-15(24)5-7-17/h4-7,10-13,18,20H,3,8-9H2,1-2H3,(H,29,35)/t13-,18+,20-/m0/s1. The average molecular weight is 559 g/mol. The van der Waals surface area contributed by atoms with Crippen molar-refractivity contribution in [2.24, 2.45) is 0 Å². The molecule has 204 valence electrons. The first kappa shape index (κ1) is 27.6. The molecule has 15 heteroatoms. The van der Waals surface area contributed by atoms with Crippen molar-refractivity contribution in [1.82, 2.24) is 29.4 Å². The van der Waals surface area contributed by atoms with Crippen LogP contribution in [0.5, 0.6) is 0 Å². The number of alkyl halides is 4. The number of carbonyl (C=O) groups excluding carboxylic acids is 1. The van der Waals surface area contributed by atoms with E-state index in [2.05, 4.69) is 20.4 Å². The molecular formula is C23H23F5N6O3S. The van der Waals surface area contributed by atoms with Crippen LogP contribution in [-0.2, 0) is 34.0 Å². The highest BCUT2D eigenvalue weighted by atomic mass is 32.2. The molecule has 0 unspecified atom stereocenters. The normalized spacial score (nSPS) is 20.6. The number of hydrogen-bond acceptors (Lipinski definition) is 6. The van der Waals surface area contributed by atoms with Gasteiger partial charge in [0, 0.05) is 24.7 Å². The van der Waals surface area contributed by atoms with Crippen LogP contribution in [0.2, 0.25) is 0 Å². The molecule has 0 spiro atoms. The lowest BCUT2D eigenvalue weighted by Crippen LogP contribution is -2.48. The van der Waals surface area contributed by atoms with Gasteiger partial charge in [0.2, 0.25) is 21.8 Å². The van der Waals surface area contributed by atoms with E-state index in [1.54, 1.807) is 6.92 Å². The molecule has 0 aliphatic carbocycles. The Kier molecular flexibility index (Phi) is 7.52. The Morgan fingerprint density at radius 1 is 1.16 bits per heavy atom. The highest BCUT2D eigenvalue weighted by Gasteiger charge is 2.49. The summed E-state index contributed by atoms with van der Waals surface area (Å²) in [6.07, 6.45) is -2.84. The van der Waals surface area contributed by atoms with Crippen LogP contribution >= 0.6 is 0 Å². The van der Waals surface area contributed by atoms with Gasteiger partial charge in [-0.3, -0.25) is 4.79 Å². The number of carbonyl (C=O) groups is 1. The molecule has 1 aromatic carbocycles. The second-order valence-electron chi connectivity index (χ2n) is 8.68. The molecule has 4 rings (SSSR count). The summed E-state index contributed by atoms with van der Waals surface area (Å²) < 4.78 is 94.6. The van der Waals surface area contributed by atoms with Gasteiger partial charge < -0.3 is 5.32 Å². The van der Waals surface area contributed by atoms with E-state index in [9.17, 15) is 35.2 Å². The lowest BCUT2D eigenvalue weighted by atomic mass is 10.1. The minimum atomic E-state index is -4.69. The fourth-order valence-electron chi connectivity index (χ4n) is 4.20. The maximum atomic E-state index is 14.6. The first-order valence-corrected chi connectivity index (χ1v) is 12.9. The highest BCUT2D eigenvalue weighted by Crippen LogP contribution is 2.33. The van der Waals surface area contributed by atoms with Crippen molar-refractivity contribution in [3.63, 3.8) is 0 Å². The monoisotopic (exact) mass is 558 g/mol. The zero-order valence-electron chi connectivity index (χ0n) is 20.2. The molecule has 1 fully saturated rings. The maximum absolute atomic E-state index is 14.6. The van der Waals surface area contributed by atoms with Crippen molar-refractivity contribution in [1.29, 1.82) is 0 Å². The molecule has 1 amide bonds. The molecule has 3 atom stereocenters. The minimum absolute atomic E-state index is 0.101. The van der Waals surface area contributed by atoms with E-state index in [1.165, 1.54) is 17.8 Å². The molecule has 0 saturated carbocycles. The molecule has 1 aliphatic rings. The van der Waals surface area contributed by atoms with Gasteiger partial charge in [0.05, 0.1) is 29.0 Å². The molecular weight excluding hydrogens is 535 g/mol. The molecule has 9 nitrogen and oxygen atoms in total. The van der Waals surface area contributed by atoms with E-state index in [1.807, 2.05) is 0 Å². The van der Waals surface area contributed by atoms with Crippen LogP contribution in [-0.4, -0.2) is 56.6 Å². The topological polar surface area (TPSA) is 110 Å². The third-order valence-electron chi connectivity index (χ3n) is 6.19. The van der Waals surface area contributed by atoms with E-state index in [0.29, 0.717) is 17.7 Å². The number of nitrogens with one attached hydrogen (secondary N) is 1. The van der Waals surface area contributed by atoms with Crippen molar-refractivity contribution in [3.05, 3.63) is 65.8 Å². The first-order valence-electron chi connectivity index (χ1n) is 11.5. The van der Waals surface area contributed by atoms with E-state index in [0.717, 1.165) is 41.0 Å². The van der Waals surface area contributed by atoms with Crippen LogP contribution in [0.1, 0.15) is 37.4 Å². The molecule has 0 bridgehead atoms. The minimum Gasteiger partial charge on any atom is -0.350 e. The van der Waals surface area contributed by atoms with E-state index in [4.69, 9.17) is 0 Å². The van der Waals surface area contributed by atoms with Crippen molar-refractivity contribution in [2.45, 2.75) is 62.6 Å². The average Bonchev–Trinajstić information content (AvgIpc) is 3.43. The Hall–Kier alpha value is -3.46. The smallest absolute Gasteiger partial charge is 0.350 e. The van der Waals surface area contributed by atoms with Gasteiger partial charge in [-0.15, -0.1) is 0 Å². The van der Waals surface area contributed by atoms with E-state index >= 15 is 0 Å². The Labute approximate surface area is 214 Å². The van der Waals surface area contributed by atoms with Crippen LogP contribution in [0.3, 0.4) is 0 Å². The number of sulfonamides is 1. The Morgan fingerprint density at radius 3 is 2.37 bits per heavy atom. The van der Waals surface area contributed by atoms with Gasteiger partial charge in [0.1, 0.15) is 23.7 Å². The second kappa shape index (κ2) is 10.4. The summed E-state index contributed by atoms with van der Waals surface area (Å²) in [5.74, 6) is -2.68. The summed E-state index contributed by atoms with van der Waals surface area (Å²) >= 11 is 0. The number of hydrogen-bond donors (Lipinski definition) is 1. The van der Waals surface area contributed by atoms with Crippen molar-refractivity contribution < 1.29 is 35.2 Å². The molecule has 0 radical (unpaired) electrons. The van der Waals surface area contributed by atoms with Gasteiger partial charge in [0.15, 0.2) is 0 Å². The summed E-state index contributed by atoms with van der Waals surface area (Å²) in [5, 5.41) is 6.91. The van der Waals surface area contributed by atoms with Gasteiger partial charge in [-0.05, 0) is 37.6 Å². The van der Waals surface area contributed by atoms with Crippen LogP contribution in [0, 0.1) is 5.82 Å². The quantitative estimate of drug-likeness (QED) is 0.446. The fraction of sp³-hybridized carbons (Fsp3) is 0.391. The number of rotatable bonds is 7. The summed E-state index contributed by atoms with van der Waals surface area (Å²) in [4.78, 5) is 19.4. The molecule has 3 aromatic rings. The molecule has 38 heavy (non-hydrogen) atoms. The number of amides is 1. The Morgan fingerprint density at radius 2 is 1.79 bits per heavy atom. The maximum Gasteiger partial charge on any atom is 0.451 e. The van der Waals surface area contributed by atoms with Crippen LogP contribution in [0.25, 0.3) is 5.69 Å². The Balaban J connectivity index is 1.52. The zero-order chi connectivity index (χ0) is 27.8. The molecule has 3 heterocycles. The molecule has 1 aliphatic heterocycles. The van der Waals surface area contributed by atoms with Crippen molar-refractivity contribution >= 4 is 15.9 Å². The number of aryl methyl sites for hydroxylation is 1. The number of benzene rings is 1. The number of halogens is 5. The lowest BCUT2D eigenvalue weighted by molar-refractivity contribution is -0.145. The van der Waals surface area contributed by atoms with Gasteiger partial charge in [0.25, 0.3) is 0 Å². The summed E-state index contributed by atoms with van der Waals surface area (Å²) in [5.41, 5.74) is 1.19. The second-order valence-corrected chi connectivity index (χ2v) is 10.5. The van der Waals surface area contributed by atoms with Gasteiger partial charge in [-0.25, -0.2) is 31.8 Å². The van der Waals surface area contributed by atoms with Crippen LogP contribution in [0.15, 0.2) is 47.8 Å². The third kappa shape index (κ3) is 5.38. The van der Waals surface area contributed by atoms with Gasteiger partial charge in [-0.2, -0.15) is 22.6 Å². The van der Waals surface area contributed by atoms with Crippen molar-refractivity contribution in [3.8, 4) is 5.69 Å². The highest BCUT2D eigenvalue weighted by molar-refractivity contribution is 7.89. The molecule has 1 N–H and O–H groups in total. The molecule has 1 saturated heterocycles. The van der Waals surface area contributed by atoms with E-state index in [-0.39, 0.29) is 23.5 Å². The predicted octanol–water partition coefficient (Wildman–Crippen LogP) is 3.19. The lowest BCUT2D eigenvalue weighted by Gasteiger charge is -2.26. The van der Waals surface area contributed by atoms with E-state index < -0.39 is 52.0 Å². The third-order valence-corrected chi connectivity index (χ3v) is 8.20.